The lowest BCUT2D eigenvalue weighted by molar-refractivity contribution is 0.0949. The maximum Gasteiger partial charge on any atom is 0.292 e. The Morgan fingerprint density at radius 1 is 1.14 bits per heavy atom. The van der Waals surface area contributed by atoms with E-state index in [2.05, 4.69) is 15.6 Å². The summed E-state index contributed by atoms with van der Waals surface area (Å²) < 4.78 is 12.4. The van der Waals surface area contributed by atoms with Gasteiger partial charge in [-0.1, -0.05) is 18.2 Å². The highest BCUT2D eigenvalue weighted by Crippen LogP contribution is 2.28. The van der Waals surface area contributed by atoms with Crippen LogP contribution in [0, 0.1) is 0 Å². The second-order valence-electron chi connectivity index (χ2n) is 6.68. The topological polar surface area (TPSA) is 77.7 Å². The molecule has 148 valence electrons. The van der Waals surface area contributed by atoms with Crippen LogP contribution in [0.15, 0.2) is 53.6 Å². The number of carbonyl (C=O) groups is 1. The molecular weight excluding hydrogens is 368 g/mol. The Balaban J connectivity index is 1.57. The number of carbonyl (C=O) groups excluding carboxylic acids is 1. The van der Waals surface area contributed by atoms with E-state index in [9.17, 15) is 4.79 Å². The predicted octanol–water partition coefficient (Wildman–Crippen LogP) is 3.14. The van der Waals surface area contributed by atoms with Crippen LogP contribution in [-0.2, 0) is 12.8 Å². The number of nitrogens with one attached hydrogen (secondary N) is 1. The maximum atomic E-state index is 12.8. The van der Waals surface area contributed by atoms with Crippen LogP contribution in [0.25, 0.3) is 5.69 Å². The molecule has 1 heterocycles. The van der Waals surface area contributed by atoms with Crippen molar-refractivity contribution in [1.82, 2.24) is 15.2 Å². The Labute approximate surface area is 169 Å². The van der Waals surface area contributed by atoms with Crippen molar-refractivity contribution in [2.24, 2.45) is 5.10 Å². The molecule has 4 rings (SSSR count). The van der Waals surface area contributed by atoms with Crippen LogP contribution in [0.5, 0.6) is 11.5 Å². The molecule has 0 bridgehead atoms. The van der Waals surface area contributed by atoms with Crippen LogP contribution in [0.1, 0.15) is 33.7 Å². The molecule has 0 saturated heterocycles. The number of amides is 1. The van der Waals surface area contributed by atoms with E-state index in [4.69, 9.17) is 9.47 Å². The Morgan fingerprint density at radius 3 is 2.72 bits per heavy atom. The molecule has 29 heavy (non-hydrogen) atoms. The summed E-state index contributed by atoms with van der Waals surface area (Å²) in [6, 6.07) is 15.2. The molecule has 0 atom stereocenters. The van der Waals surface area contributed by atoms with Crippen LogP contribution >= 0.6 is 0 Å². The lowest BCUT2D eigenvalue weighted by Gasteiger charge is -2.06. The quantitative estimate of drug-likeness (QED) is 0.518. The third-order valence-electron chi connectivity index (χ3n) is 4.95. The van der Waals surface area contributed by atoms with Gasteiger partial charge in [0.05, 0.1) is 26.1 Å². The average molecular weight is 390 g/mol. The Kier molecular flexibility index (Phi) is 5.29. The summed E-state index contributed by atoms with van der Waals surface area (Å²) in [6.45, 7) is 0. The molecule has 1 N–H and O–H groups in total. The van der Waals surface area contributed by atoms with Crippen molar-refractivity contribution < 1.29 is 14.3 Å². The number of benzene rings is 2. The van der Waals surface area contributed by atoms with Gasteiger partial charge in [-0.3, -0.25) is 4.79 Å². The van der Waals surface area contributed by atoms with Gasteiger partial charge in [0.1, 0.15) is 11.5 Å². The van der Waals surface area contributed by atoms with Gasteiger partial charge in [-0.05, 0) is 49.6 Å². The van der Waals surface area contributed by atoms with Crippen molar-refractivity contribution in [3.8, 4) is 17.2 Å². The van der Waals surface area contributed by atoms with Gasteiger partial charge in [0.15, 0.2) is 5.69 Å². The molecule has 1 aliphatic carbocycles. The molecule has 1 aliphatic rings. The number of hydrogen-bond acceptors (Lipinski definition) is 5. The fourth-order valence-corrected chi connectivity index (χ4v) is 3.56. The highest BCUT2D eigenvalue weighted by Gasteiger charge is 2.26. The van der Waals surface area contributed by atoms with E-state index in [-0.39, 0.29) is 5.91 Å². The number of aromatic nitrogens is 2. The molecular formula is C22H22N4O3. The third-order valence-corrected chi connectivity index (χ3v) is 4.95. The minimum absolute atomic E-state index is 0.323. The highest BCUT2D eigenvalue weighted by atomic mass is 16.5. The molecule has 1 aromatic heterocycles. The first-order chi connectivity index (χ1) is 14.2. The number of para-hydroxylation sites is 1. The van der Waals surface area contributed by atoms with Crippen LogP contribution in [0.3, 0.4) is 0 Å². The Morgan fingerprint density at radius 2 is 1.97 bits per heavy atom. The zero-order valence-corrected chi connectivity index (χ0v) is 16.4. The fraction of sp³-hybridized carbons (Fsp3) is 0.227. The maximum absolute atomic E-state index is 12.8. The lowest BCUT2D eigenvalue weighted by atomic mass is 10.2. The summed E-state index contributed by atoms with van der Waals surface area (Å²) in [5, 5.41) is 8.67. The average Bonchev–Trinajstić information content (AvgIpc) is 3.37. The zero-order valence-electron chi connectivity index (χ0n) is 16.4. The molecule has 0 fully saturated rings. The van der Waals surface area contributed by atoms with E-state index in [1.807, 2.05) is 35.0 Å². The van der Waals surface area contributed by atoms with E-state index < -0.39 is 0 Å². The second kappa shape index (κ2) is 8.18. The highest BCUT2D eigenvalue weighted by molar-refractivity contribution is 5.95. The number of methoxy groups -OCH3 is 2. The van der Waals surface area contributed by atoms with Gasteiger partial charge < -0.3 is 9.47 Å². The number of fused-ring (bicyclic) bond motifs is 1. The van der Waals surface area contributed by atoms with Gasteiger partial charge in [0, 0.05) is 16.8 Å². The number of hydrazone groups is 1. The summed E-state index contributed by atoms with van der Waals surface area (Å²) in [5.41, 5.74) is 6.77. The number of nitrogens with zero attached hydrogens (tertiary/aromatic N) is 3. The summed E-state index contributed by atoms with van der Waals surface area (Å²) in [5.74, 6) is 0.993. The van der Waals surface area contributed by atoms with Crippen LogP contribution in [-0.4, -0.2) is 36.1 Å². The molecule has 0 aliphatic heterocycles. The molecule has 2 aromatic carbocycles. The lowest BCUT2D eigenvalue weighted by Crippen LogP contribution is -2.20. The molecule has 0 spiro atoms. The summed E-state index contributed by atoms with van der Waals surface area (Å²) in [4.78, 5) is 12.8. The van der Waals surface area contributed by atoms with Crippen molar-refractivity contribution in [2.45, 2.75) is 19.3 Å². The first-order valence-corrected chi connectivity index (χ1v) is 9.43. The van der Waals surface area contributed by atoms with Gasteiger partial charge in [-0.2, -0.15) is 10.2 Å². The molecule has 3 aromatic rings. The van der Waals surface area contributed by atoms with Gasteiger partial charge in [-0.15, -0.1) is 0 Å². The van der Waals surface area contributed by atoms with Gasteiger partial charge in [0.2, 0.25) is 0 Å². The van der Waals surface area contributed by atoms with Crippen molar-refractivity contribution in [2.75, 3.05) is 14.2 Å². The monoisotopic (exact) mass is 390 g/mol. The molecule has 0 saturated carbocycles. The van der Waals surface area contributed by atoms with Gasteiger partial charge >= 0.3 is 0 Å². The SMILES string of the molecule is COc1ccc(OC)c(/C=N/NC(=O)c2nn(-c3ccccc3)c3c2CCC3)c1. The van der Waals surface area contributed by atoms with E-state index in [0.29, 0.717) is 22.8 Å². The van der Waals surface area contributed by atoms with Crippen LogP contribution < -0.4 is 14.9 Å². The normalized spacial score (nSPS) is 12.8. The van der Waals surface area contributed by atoms with Crippen molar-refractivity contribution in [3.63, 3.8) is 0 Å². The van der Waals surface area contributed by atoms with E-state index >= 15 is 0 Å². The van der Waals surface area contributed by atoms with Crippen molar-refractivity contribution >= 4 is 12.1 Å². The van der Waals surface area contributed by atoms with E-state index in [1.54, 1.807) is 32.4 Å². The largest absolute Gasteiger partial charge is 0.497 e. The van der Waals surface area contributed by atoms with Crippen molar-refractivity contribution in [1.29, 1.82) is 0 Å². The molecule has 7 heteroatoms. The van der Waals surface area contributed by atoms with Crippen molar-refractivity contribution in [3.05, 3.63) is 71.0 Å². The summed E-state index contributed by atoms with van der Waals surface area (Å²) in [7, 11) is 3.17. The van der Waals surface area contributed by atoms with E-state index in [1.165, 1.54) is 6.21 Å². The standard InChI is InChI=1S/C22H22N4O3/c1-28-17-11-12-20(29-2)15(13-17)14-23-24-22(27)21-18-9-6-10-19(18)26(25-21)16-7-4-3-5-8-16/h3-5,7-8,11-14H,6,9-10H2,1-2H3,(H,24,27)/b23-14+. The van der Waals surface area contributed by atoms with Crippen LogP contribution in [0.4, 0.5) is 0 Å². The van der Waals surface area contributed by atoms with Gasteiger partial charge in [-0.25, -0.2) is 10.1 Å². The molecule has 1 amide bonds. The second-order valence-corrected chi connectivity index (χ2v) is 6.68. The van der Waals surface area contributed by atoms with Crippen LogP contribution in [0.2, 0.25) is 0 Å². The number of ether oxygens (including phenoxy) is 2. The minimum Gasteiger partial charge on any atom is -0.497 e. The summed E-state index contributed by atoms with van der Waals surface area (Å²) in [6.07, 6.45) is 4.31. The molecule has 0 unspecified atom stereocenters. The summed E-state index contributed by atoms with van der Waals surface area (Å²) >= 11 is 0. The fourth-order valence-electron chi connectivity index (χ4n) is 3.56. The number of rotatable bonds is 6. The Hall–Kier alpha value is -3.61. The zero-order chi connectivity index (χ0) is 20.2. The predicted molar refractivity (Wildman–Crippen MR) is 110 cm³/mol. The first-order valence-electron chi connectivity index (χ1n) is 9.43. The number of hydrogen-bond donors (Lipinski definition) is 1. The van der Waals surface area contributed by atoms with E-state index in [0.717, 1.165) is 36.2 Å². The molecule has 7 nitrogen and oxygen atoms in total. The minimum atomic E-state index is -0.323. The first kappa shape index (κ1) is 18.7. The third kappa shape index (κ3) is 3.71. The molecule has 0 radical (unpaired) electrons. The van der Waals surface area contributed by atoms with Gasteiger partial charge in [0.25, 0.3) is 5.91 Å². The Bertz CT molecular complexity index is 1060. The smallest absolute Gasteiger partial charge is 0.292 e.